The van der Waals surface area contributed by atoms with E-state index in [1.165, 1.54) is 49.9 Å². The lowest BCUT2D eigenvalue weighted by atomic mass is 10.1. The second kappa shape index (κ2) is 11.4. The van der Waals surface area contributed by atoms with Crippen LogP contribution in [0, 0.1) is 12.7 Å². The van der Waals surface area contributed by atoms with Gasteiger partial charge in [-0.1, -0.05) is 0 Å². The third-order valence-electron chi connectivity index (χ3n) is 6.20. The summed E-state index contributed by atoms with van der Waals surface area (Å²) >= 11 is 0. The summed E-state index contributed by atoms with van der Waals surface area (Å²) in [5.41, 5.74) is 3.73. The van der Waals surface area contributed by atoms with Gasteiger partial charge in [0.15, 0.2) is 17.3 Å². The van der Waals surface area contributed by atoms with E-state index in [-0.39, 0.29) is 29.4 Å². The molecule has 10 heteroatoms. The minimum Gasteiger partial charge on any atom is -0.494 e. The number of aromatic nitrogens is 2. The molecule has 1 fully saturated rings. The predicted octanol–water partition coefficient (Wildman–Crippen LogP) is 3.80. The third kappa shape index (κ3) is 6.26. The Morgan fingerprint density at radius 2 is 1.86 bits per heavy atom. The number of ether oxygens (including phenoxy) is 2. The summed E-state index contributed by atoms with van der Waals surface area (Å²) < 4.78 is 25.4. The first-order chi connectivity index (χ1) is 17.8. The highest BCUT2D eigenvalue weighted by molar-refractivity contribution is 5.94. The minimum atomic E-state index is -0.585. The molecule has 0 radical (unpaired) electrons. The van der Waals surface area contributed by atoms with Crippen LogP contribution in [0.2, 0.25) is 0 Å². The average molecular weight is 509 g/mol. The number of carbonyl (C=O) groups is 1. The van der Waals surface area contributed by atoms with Gasteiger partial charge in [0, 0.05) is 54.7 Å². The third-order valence-corrected chi connectivity index (χ3v) is 6.20. The highest BCUT2D eigenvalue weighted by atomic mass is 19.1. The number of piperazine rings is 1. The molecular weight excluding hydrogens is 475 g/mol. The lowest BCUT2D eigenvalue weighted by Gasteiger charge is -2.38. The standard InChI is InChI=1S/C27H33FN6O3/c1-16-8-21(6-7-23(16)34-13-17(2)32-18(3)14-34)33-27-30-11-22(12-31-27)37-15-20-9-19(26(35)29-4)10-24(36-5)25(20)28/h6-12,17-18,32H,13-15H2,1-5H3,(H,29,35)(H,30,31,33)/t17-,18+. The predicted molar refractivity (Wildman–Crippen MR) is 141 cm³/mol. The van der Waals surface area contributed by atoms with Gasteiger partial charge in [0.05, 0.1) is 19.5 Å². The molecule has 0 unspecified atom stereocenters. The summed E-state index contributed by atoms with van der Waals surface area (Å²) in [6.45, 7) is 8.32. The Balaban J connectivity index is 1.40. The van der Waals surface area contributed by atoms with Gasteiger partial charge in [-0.15, -0.1) is 0 Å². The van der Waals surface area contributed by atoms with Crippen molar-refractivity contribution in [3.05, 3.63) is 65.2 Å². The fourth-order valence-corrected chi connectivity index (χ4v) is 4.54. The average Bonchev–Trinajstić information content (AvgIpc) is 2.88. The van der Waals surface area contributed by atoms with E-state index in [4.69, 9.17) is 9.47 Å². The van der Waals surface area contributed by atoms with Crippen LogP contribution in [0.5, 0.6) is 11.5 Å². The summed E-state index contributed by atoms with van der Waals surface area (Å²) in [6.07, 6.45) is 3.02. The van der Waals surface area contributed by atoms with Gasteiger partial charge in [-0.05, 0) is 56.7 Å². The molecule has 0 spiro atoms. The van der Waals surface area contributed by atoms with Gasteiger partial charge in [-0.3, -0.25) is 4.79 Å². The number of amides is 1. The molecule has 1 aliphatic rings. The summed E-state index contributed by atoms with van der Waals surface area (Å²) in [6, 6.07) is 9.87. The van der Waals surface area contributed by atoms with Crippen molar-refractivity contribution in [1.29, 1.82) is 0 Å². The molecule has 1 aliphatic heterocycles. The van der Waals surface area contributed by atoms with Crippen LogP contribution in [0.25, 0.3) is 0 Å². The number of nitrogens with one attached hydrogen (secondary N) is 3. The second-order valence-electron chi connectivity index (χ2n) is 9.26. The molecule has 1 saturated heterocycles. The lowest BCUT2D eigenvalue weighted by Crippen LogP contribution is -2.54. The van der Waals surface area contributed by atoms with Crippen molar-refractivity contribution in [2.24, 2.45) is 0 Å². The normalized spacial score (nSPS) is 17.3. The van der Waals surface area contributed by atoms with Crippen molar-refractivity contribution < 1.29 is 18.7 Å². The molecule has 0 saturated carbocycles. The fraction of sp³-hybridized carbons (Fsp3) is 0.370. The number of benzene rings is 2. The summed E-state index contributed by atoms with van der Waals surface area (Å²) in [4.78, 5) is 23.0. The van der Waals surface area contributed by atoms with Gasteiger partial charge in [0.1, 0.15) is 6.61 Å². The van der Waals surface area contributed by atoms with E-state index >= 15 is 0 Å². The second-order valence-corrected chi connectivity index (χ2v) is 9.26. The Bertz CT molecular complexity index is 1240. The van der Waals surface area contributed by atoms with Crippen molar-refractivity contribution in [2.45, 2.75) is 39.5 Å². The van der Waals surface area contributed by atoms with Crippen LogP contribution in [0.3, 0.4) is 0 Å². The van der Waals surface area contributed by atoms with Crippen LogP contribution < -0.4 is 30.3 Å². The molecule has 9 nitrogen and oxygen atoms in total. The van der Waals surface area contributed by atoms with Crippen molar-refractivity contribution in [2.75, 3.05) is 37.5 Å². The zero-order valence-electron chi connectivity index (χ0n) is 21.8. The van der Waals surface area contributed by atoms with Gasteiger partial charge in [0.2, 0.25) is 5.95 Å². The van der Waals surface area contributed by atoms with Crippen LogP contribution in [0.1, 0.15) is 35.3 Å². The number of halogens is 1. The largest absolute Gasteiger partial charge is 0.494 e. The highest BCUT2D eigenvalue weighted by Gasteiger charge is 2.22. The number of aryl methyl sites for hydroxylation is 1. The molecular formula is C27H33FN6O3. The zero-order valence-corrected chi connectivity index (χ0v) is 21.8. The van der Waals surface area contributed by atoms with Crippen LogP contribution in [0.4, 0.5) is 21.7 Å². The number of rotatable bonds is 8. The number of nitrogens with zero attached hydrogens (tertiary/aromatic N) is 3. The fourth-order valence-electron chi connectivity index (χ4n) is 4.54. The van der Waals surface area contributed by atoms with Crippen LogP contribution in [0.15, 0.2) is 42.7 Å². The molecule has 2 heterocycles. The van der Waals surface area contributed by atoms with E-state index in [2.05, 4.69) is 63.7 Å². The van der Waals surface area contributed by atoms with E-state index in [1.807, 2.05) is 6.07 Å². The first-order valence-electron chi connectivity index (χ1n) is 12.2. The summed E-state index contributed by atoms with van der Waals surface area (Å²) in [7, 11) is 2.85. The van der Waals surface area contributed by atoms with Crippen LogP contribution in [-0.2, 0) is 6.61 Å². The molecule has 1 aromatic heterocycles. The Morgan fingerprint density at radius 1 is 1.16 bits per heavy atom. The minimum absolute atomic E-state index is 0.0298. The maximum atomic E-state index is 14.7. The zero-order chi connectivity index (χ0) is 26.5. The SMILES string of the molecule is CNC(=O)c1cc(COc2cnc(Nc3ccc(N4C[C@@H](C)N[C@@H](C)C4)c(C)c3)nc2)c(F)c(OC)c1. The number of anilines is 3. The highest BCUT2D eigenvalue weighted by Crippen LogP contribution is 2.27. The Morgan fingerprint density at radius 3 is 2.49 bits per heavy atom. The van der Waals surface area contributed by atoms with E-state index in [9.17, 15) is 9.18 Å². The topological polar surface area (TPSA) is 101 Å². The van der Waals surface area contributed by atoms with Gasteiger partial charge in [-0.2, -0.15) is 0 Å². The first kappa shape index (κ1) is 26.2. The first-order valence-corrected chi connectivity index (χ1v) is 12.2. The molecule has 0 aliphatic carbocycles. The molecule has 37 heavy (non-hydrogen) atoms. The van der Waals surface area contributed by atoms with Crippen LogP contribution >= 0.6 is 0 Å². The van der Waals surface area contributed by atoms with Gasteiger partial charge in [-0.25, -0.2) is 14.4 Å². The number of carbonyl (C=O) groups excluding carboxylic acids is 1. The molecule has 4 rings (SSSR count). The van der Waals surface area contributed by atoms with E-state index < -0.39 is 5.82 Å². The quantitative estimate of drug-likeness (QED) is 0.423. The molecule has 1 amide bonds. The number of hydrogen-bond donors (Lipinski definition) is 3. The molecule has 0 bridgehead atoms. The van der Waals surface area contributed by atoms with Crippen molar-refractivity contribution in [3.8, 4) is 11.5 Å². The van der Waals surface area contributed by atoms with Crippen molar-refractivity contribution >= 4 is 23.2 Å². The Kier molecular flexibility index (Phi) is 8.08. The van der Waals surface area contributed by atoms with Gasteiger partial charge in [0.25, 0.3) is 5.91 Å². The molecule has 3 N–H and O–H groups in total. The smallest absolute Gasteiger partial charge is 0.251 e. The molecule has 3 aromatic rings. The summed E-state index contributed by atoms with van der Waals surface area (Å²) in [5, 5.41) is 9.29. The molecule has 2 aromatic carbocycles. The Hall–Kier alpha value is -3.92. The molecule has 196 valence electrons. The van der Waals surface area contributed by atoms with Crippen molar-refractivity contribution in [3.63, 3.8) is 0 Å². The van der Waals surface area contributed by atoms with E-state index in [1.54, 1.807) is 0 Å². The maximum absolute atomic E-state index is 14.7. The Labute approximate surface area is 216 Å². The van der Waals surface area contributed by atoms with E-state index in [0.717, 1.165) is 18.8 Å². The summed E-state index contributed by atoms with van der Waals surface area (Å²) in [5.74, 6) is -0.185. The van der Waals surface area contributed by atoms with E-state index in [0.29, 0.717) is 23.8 Å². The van der Waals surface area contributed by atoms with Gasteiger partial charge >= 0.3 is 0 Å². The van der Waals surface area contributed by atoms with Gasteiger partial charge < -0.3 is 30.3 Å². The maximum Gasteiger partial charge on any atom is 0.251 e. The van der Waals surface area contributed by atoms with Crippen molar-refractivity contribution in [1.82, 2.24) is 20.6 Å². The number of hydrogen-bond acceptors (Lipinski definition) is 8. The lowest BCUT2D eigenvalue weighted by molar-refractivity contribution is 0.0962. The molecule has 2 atom stereocenters. The monoisotopic (exact) mass is 508 g/mol. The number of methoxy groups -OCH3 is 1. The van der Waals surface area contributed by atoms with Crippen LogP contribution in [-0.4, -0.2) is 55.2 Å².